The molecule has 2 aromatic carbocycles. The minimum absolute atomic E-state index is 0.0211. The number of anilines is 1. The zero-order valence-electron chi connectivity index (χ0n) is 11.8. The number of nitrogens with zero attached hydrogens (tertiary/aromatic N) is 1. The Balaban J connectivity index is 1.92. The first-order chi connectivity index (χ1) is 10.1. The van der Waals surface area contributed by atoms with Crippen LogP contribution in [0.4, 0.5) is 5.69 Å². The van der Waals surface area contributed by atoms with Crippen molar-refractivity contribution in [2.24, 2.45) is 5.73 Å². The van der Waals surface area contributed by atoms with E-state index >= 15 is 0 Å². The van der Waals surface area contributed by atoms with Crippen LogP contribution >= 0.6 is 15.9 Å². The number of carbonyl (C=O) groups excluding carboxylic acids is 1. The van der Waals surface area contributed by atoms with Gasteiger partial charge in [-0.05, 0) is 41.8 Å². The van der Waals surface area contributed by atoms with Crippen LogP contribution < -0.4 is 10.6 Å². The van der Waals surface area contributed by atoms with Gasteiger partial charge in [0.25, 0.3) is 0 Å². The lowest BCUT2D eigenvalue weighted by molar-refractivity contribution is -0.126. The molecule has 0 saturated carbocycles. The lowest BCUT2D eigenvalue weighted by Gasteiger charge is -2.45. The molecule has 2 atom stereocenters. The molecule has 1 aliphatic rings. The molecule has 0 aromatic heterocycles. The van der Waals surface area contributed by atoms with Crippen LogP contribution in [0.2, 0.25) is 0 Å². The highest BCUT2D eigenvalue weighted by atomic mass is 79.9. The molecule has 1 heterocycles. The van der Waals surface area contributed by atoms with Crippen LogP contribution in [0.1, 0.15) is 24.1 Å². The number of aryl methyl sites for hydroxylation is 1. The number of halogens is 1. The van der Waals surface area contributed by atoms with Gasteiger partial charge in [-0.3, -0.25) is 4.79 Å². The Kier molecular flexibility index (Phi) is 3.83. The minimum Gasteiger partial charge on any atom is -0.318 e. The van der Waals surface area contributed by atoms with Gasteiger partial charge in [0.1, 0.15) is 6.04 Å². The first kappa shape index (κ1) is 14.3. The molecule has 2 aromatic rings. The SMILES string of the molecule is CCc1ccc(N2C(=O)[C@@H](N)[C@H]2c2ccc(Br)cc2)cc1. The normalized spacial score (nSPS) is 21.3. The molecule has 4 heteroatoms. The standard InChI is InChI=1S/C17H17BrN2O/c1-2-11-3-9-14(10-4-11)20-16(15(19)17(20)21)12-5-7-13(18)8-6-12/h3-10,15-16H,2,19H2,1H3/t15-,16+/m0/s1. The summed E-state index contributed by atoms with van der Waals surface area (Å²) >= 11 is 3.43. The van der Waals surface area contributed by atoms with Gasteiger partial charge >= 0.3 is 0 Å². The Hall–Kier alpha value is -1.65. The van der Waals surface area contributed by atoms with Gasteiger partial charge in [0.05, 0.1) is 6.04 Å². The molecular weight excluding hydrogens is 328 g/mol. The largest absolute Gasteiger partial charge is 0.318 e. The molecule has 0 radical (unpaired) electrons. The molecular formula is C17H17BrN2O. The van der Waals surface area contributed by atoms with Crippen LogP contribution in [-0.4, -0.2) is 11.9 Å². The number of carbonyl (C=O) groups is 1. The average Bonchev–Trinajstić information content (AvgIpc) is 2.53. The number of β-lactam (4-membered cyclic amide) rings is 1. The van der Waals surface area contributed by atoms with E-state index in [1.54, 1.807) is 4.90 Å². The number of hydrogen-bond donors (Lipinski definition) is 1. The Morgan fingerprint density at radius 1 is 1.10 bits per heavy atom. The summed E-state index contributed by atoms with van der Waals surface area (Å²) in [7, 11) is 0. The maximum Gasteiger partial charge on any atom is 0.247 e. The van der Waals surface area contributed by atoms with Crippen LogP contribution in [0, 0.1) is 0 Å². The van der Waals surface area contributed by atoms with Crippen LogP contribution in [-0.2, 0) is 11.2 Å². The van der Waals surface area contributed by atoms with E-state index in [4.69, 9.17) is 5.73 Å². The molecule has 3 rings (SSSR count). The van der Waals surface area contributed by atoms with Gasteiger partial charge in [-0.15, -0.1) is 0 Å². The van der Waals surface area contributed by atoms with E-state index in [1.807, 2.05) is 36.4 Å². The monoisotopic (exact) mass is 344 g/mol. The van der Waals surface area contributed by atoms with Crippen molar-refractivity contribution >= 4 is 27.5 Å². The van der Waals surface area contributed by atoms with E-state index in [0.29, 0.717) is 0 Å². The highest BCUT2D eigenvalue weighted by Gasteiger charge is 2.46. The fourth-order valence-electron chi connectivity index (χ4n) is 2.71. The van der Waals surface area contributed by atoms with Crippen LogP contribution in [0.15, 0.2) is 53.0 Å². The summed E-state index contributed by atoms with van der Waals surface area (Å²) in [6, 6.07) is 15.5. The van der Waals surface area contributed by atoms with E-state index in [0.717, 1.165) is 22.1 Å². The van der Waals surface area contributed by atoms with Crippen LogP contribution in [0.3, 0.4) is 0 Å². The van der Waals surface area contributed by atoms with Gasteiger partial charge in [0, 0.05) is 10.2 Å². The van der Waals surface area contributed by atoms with Crippen molar-refractivity contribution in [1.82, 2.24) is 0 Å². The minimum atomic E-state index is -0.461. The van der Waals surface area contributed by atoms with Gasteiger partial charge < -0.3 is 10.6 Å². The Morgan fingerprint density at radius 3 is 2.29 bits per heavy atom. The summed E-state index contributed by atoms with van der Waals surface area (Å²) < 4.78 is 1.02. The van der Waals surface area contributed by atoms with Gasteiger partial charge in [-0.25, -0.2) is 0 Å². The predicted octanol–water partition coefficient (Wildman–Crippen LogP) is 3.43. The summed E-state index contributed by atoms with van der Waals surface area (Å²) in [6.45, 7) is 2.12. The summed E-state index contributed by atoms with van der Waals surface area (Å²) in [5.41, 5.74) is 9.25. The zero-order valence-corrected chi connectivity index (χ0v) is 13.4. The Bertz CT molecular complexity index is 651. The molecule has 3 nitrogen and oxygen atoms in total. The summed E-state index contributed by atoms with van der Waals surface area (Å²) in [5.74, 6) is -0.0211. The topological polar surface area (TPSA) is 46.3 Å². The van der Waals surface area contributed by atoms with Gasteiger partial charge in [-0.1, -0.05) is 47.1 Å². The first-order valence-electron chi connectivity index (χ1n) is 7.05. The maximum absolute atomic E-state index is 12.2. The molecule has 1 fully saturated rings. The molecule has 0 unspecified atom stereocenters. The van der Waals surface area contributed by atoms with Crippen molar-refractivity contribution in [1.29, 1.82) is 0 Å². The van der Waals surface area contributed by atoms with Crippen molar-refractivity contribution in [3.05, 3.63) is 64.1 Å². The highest BCUT2D eigenvalue weighted by Crippen LogP contribution is 2.38. The smallest absolute Gasteiger partial charge is 0.247 e. The summed E-state index contributed by atoms with van der Waals surface area (Å²) in [5, 5.41) is 0. The predicted molar refractivity (Wildman–Crippen MR) is 88.2 cm³/mol. The molecule has 1 amide bonds. The quantitative estimate of drug-likeness (QED) is 0.867. The number of nitrogens with two attached hydrogens (primary N) is 1. The van der Waals surface area contributed by atoms with Crippen LogP contribution in [0.5, 0.6) is 0 Å². The van der Waals surface area contributed by atoms with E-state index < -0.39 is 6.04 Å². The fourth-order valence-corrected chi connectivity index (χ4v) is 2.97. The molecule has 0 spiro atoms. The third-order valence-electron chi connectivity index (χ3n) is 3.98. The van der Waals surface area contributed by atoms with Crippen molar-refractivity contribution in [3.8, 4) is 0 Å². The molecule has 108 valence electrons. The lowest BCUT2D eigenvalue weighted by atomic mass is 9.88. The van der Waals surface area contributed by atoms with E-state index in [-0.39, 0.29) is 11.9 Å². The average molecular weight is 345 g/mol. The van der Waals surface area contributed by atoms with Crippen molar-refractivity contribution in [2.45, 2.75) is 25.4 Å². The third kappa shape index (κ3) is 2.49. The molecule has 0 bridgehead atoms. The second-order valence-corrected chi connectivity index (χ2v) is 6.17. The van der Waals surface area contributed by atoms with Crippen molar-refractivity contribution in [3.63, 3.8) is 0 Å². The molecule has 0 aliphatic carbocycles. The maximum atomic E-state index is 12.2. The van der Waals surface area contributed by atoms with Crippen LogP contribution in [0.25, 0.3) is 0 Å². The van der Waals surface area contributed by atoms with E-state index in [2.05, 4.69) is 35.0 Å². The molecule has 1 saturated heterocycles. The molecule has 21 heavy (non-hydrogen) atoms. The molecule has 1 aliphatic heterocycles. The lowest BCUT2D eigenvalue weighted by Crippen LogP contribution is -2.63. The number of hydrogen-bond acceptors (Lipinski definition) is 2. The van der Waals surface area contributed by atoms with Crippen molar-refractivity contribution in [2.75, 3.05) is 4.90 Å². The van der Waals surface area contributed by atoms with Crippen molar-refractivity contribution < 1.29 is 4.79 Å². The van der Waals surface area contributed by atoms with Gasteiger partial charge in [0.15, 0.2) is 0 Å². The van der Waals surface area contributed by atoms with E-state index in [1.165, 1.54) is 5.56 Å². The van der Waals surface area contributed by atoms with Gasteiger partial charge in [0.2, 0.25) is 5.91 Å². The summed E-state index contributed by atoms with van der Waals surface area (Å²) in [4.78, 5) is 13.9. The van der Waals surface area contributed by atoms with E-state index in [9.17, 15) is 4.79 Å². The zero-order chi connectivity index (χ0) is 15.0. The number of rotatable bonds is 3. The Morgan fingerprint density at radius 2 is 1.71 bits per heavy atom. The number of benzene rings is 2. The Labute approximate surface area is 132 Å². The highest BCUT2D eigenvalue weighted by molar-refractivity contribution is 9.10. The first-order valence-corrected chi connectivity index (χ1v) is 7.84. The second-order valence-electron chi connectivity index (χ2n) is 5.25. The fraction of sp³-hybridized carbons (Fsp3) is 0.235. The molecule has 2 N–H and O–H groups in total. The summed E-state index contributed by atoms with van der Waals surface area (Å²) in [6.07, 6.45) is 0.990. The third-order valence-corrected chi connectivity index (χ3v) is 4.50. The second kappa shape index (κ2) is 5.62. The van der Waals surface area contributed by atoms with Gasteiger partial charge in [-0.2, -0.15) is 0 Å². The number of amides is 1.